The first-order valence-electron chi connectivity index (χ1n) is 6.23. The molecule has 0 bridgehead atoms. The number of carbonyl (C=O) groups is 1. The molecule has 0 N–H and O–H groups in total. The van der Waals surface area contributed by atoms with Gasteiger partial charge in [-0.3, -0.25) is 4.79 Å². The van der Waals surface area contributed by atoms with E-state index in [0.717, 1.165) is 5.56 Å². The summed E-state index contributed by atoms with van der Waals surface area (Å²) in [7, 11) is -4.69. The Morgan fingerprint density at radius 1 is 1.40 bits per heavy atom. The van der Waals surface area contributed by atoms with Gasteiger partial charge in [-0.25, -0.2) is 0 Å². The van der Waals surface area contributed by atoms with E-state index in [1.54, 1.807) is 6.07 Å². The molecular formula is C13H15BrFNO3S. The van der Waals surface area contributed by atoms with Gasteiger partial charge in [0.2, 0.25) is 5.91 Å². The Kier molecular flexibility index (Phi) is 4.20. The third-order valence-corrected chi connectivity index (χ3v) is 5.16. The highest BCUT2D eigenvalue weighted by molar-refractivity contribution is 9.10. The summed E-state index contributed by atoms with van der Waals surface area (Å²) >= 11 is 3.39. The number of nitrogens with zero attached hydrogens (tertiary/aromatic N) is 1. The number of rotatable bonds is 3. The molecule has 110 valence electrons. The first-order chi connectivity index (χ1) is 9.20. The molecule has 1 amide bonds. The summed E-state index contributed by atoms with van der Waals surface area (Å²) in [6.45, 7) is 3.96. The minimum Gasteiger partial charge on any atom is -0.310 e. The maximum absolute atomic E-state index is 13.0. The van der Waals surface area contributed by atoms with Crippen molar-refractivity contribution < 1.29 is 17.1 Å². The van der Waals surface area contributed by atoms with Crippen molar-refractivity contribution in [3.63, 3.8) is 0 Å². The van der Waals surface area contributed by atoms with Crippen molar-refractivity contribution in [3.05, 3.63) is 28.2 Å². The van der Waals surface area contributed by atoms with Crippen LogP contribution >= 0.6 is 15.9 Å². The topological polar surface area (TPSA) is 54.5 Å². The fourth-order valence-corrected chi connectivity index (χ4v) is 3.48. The van der Waals surface area contributed by atoms with Crippen molar-refractivity contribution in [1.82, 2.24) is 0 Å². The van der Waals surface area contributed by atoms with Crippen molar-refractivity contribution in [2.45, 2.75) is 31.4 Å². The fraction of sp³-hybridized carbons (Fsp3) is 0.462. The highest BCUT2D eigenvalue weighted by atomic mass is 79.9. The average Bonchev–Trinajstić information content (AvgIpc) is 2.71. The molecule has 0 aromatic heterocycles. The molecule has 1 aromatic carbocycles. The third kappa shape index (κ3) is 3.03. The molecule has 1 aliphatic rings. The second-order valence-corrected chi connectivity index (χ2v) is 7.64. The summed E-state index contributed by atoms with van der Waals surface area (Å²) in [4.78, 5) is 13.2. The highest BCUT2D eigenvalue weighted by Crippen LogP contribution is 2.33. The van der Waals surface area contributed by atoms with Crippen molar-refractivity contribution in [1.29, 1.82) is 0 Å². The van der Waals surface area contributed by atoms with Crippen LogP contribution in [0.1, 0.15) is 31.7 Å². The van der Waals surface area contributed by atoms with Crippen molar-refractivity contribution in [2.24, 2.45) is 0 Å². The molecule has 1 aromatic rings. The zero-order chi connectivity index (χ0) is 15.1. The van der Waals surface area contributed by atoms with Crippen LogP contribution in [0, 0.1) is 0 Å². The molecule has 1 aliphatic heterocycles. The molecule has 4 nitrogen and oxygen atoms in total. The molecule has 1 atom stereocenters. The van der Waals surface area contributed by atoms with E-state index in [1.807, 2.05) is 26.0 Å². The van der Waals surface area contributed by atoms with E-state index < -0.39 is 15.5 Å². The first-order valence-corrected chi connectivity index (χ1v) is 8.47. The van der Waals surface area contributed by atoms with Gasteiger partial charge in [0, 0.05) is 17.4 Å². The summed E-state index contributed by atoms with van der Waals surface area (Å²) < 4.78 is 35.6. The Morgan fingerprint density at radius 3 is 2.50 bits per heavy atom. The summed E-state index contributed by atoms with van der Waals surface area (Å²) in [6, 6.07) is 5.53. The number of amides is 1. The van der Waals surface area contributed by atoms with Gasteiger partial charge < -0.3 is 4.90 Å². The van der Waals surface area contributed by atoms with Gasteiger partial charge in [-0.05, 0) is 39.5 Å². The lowest BCUT2D eigenvalue weighted by Gasteiger charge is -2.19. The smallest absolute Gasteiger partial charge is 0.307 e. The Hall–Kier alpha value is -0.950. The molecule has 2 rings (SSSR count). The van der Waals surface area contributed by atoms with Gasteiger partial charge in [0.25, 0.3) is 0 Å². The summed E-state index contributed by atoms with van der Waals surface area (Å²) in [6.07, 6.45) is -0.308. The summed E-state index contributed by atoms with van der Waals surface area (Å²) in [5.74, 6) is -0.0391. The fourth-order valence-electron chi connectivity index (χ4n) is 2.20. The third-order valence-electron chi connectivity index (χ3n) is 3.42. The molecule has 20 heavy (non-hydrogen) atoms. The Bertz CT molecular complexity index is 645. The molecule has 0 radical (unpaired) electrons. The van der Waals surface area contributed by atoms with Crippen LogP contribution in [0.25, 0.3) is 0 Å². The average molecular weight is 364 g/mol. The van der Waals surface area contributed by atoms with Crippen LogP contribution in [-0.2, 0) is 15.0 Å². The zero-order valence-electron chi connectivity index (χ0n) is 11.1. The van der Waals surface area contributed by atoms with E-state index in [2.05, 4.69) is 15.9 Å². The zero-order valence-corrected chi connectivity index (χ0v) is 13.5. The van der Waals surface area contributed by atoms with Crippen LogP contribution in [0.3, 0.4) is 0 Å². The van der Waals surface area contributed by atoms with E-state index in [-0.39, 0.29) is 18.9 Å². The largest absolute Gasteiger partial charge is 0.310 e. The van der Waals surface area contributed by atoms with E-state index in [1.165, 1.54) is 4.90 Å². The van der Waals surface area contributed by atoms with Crippen molar-refractivity contribution in [2.75, 3.05) is 11.4 Å². The molecule has 1 heterocycles. The standard InChI is InChI=1S/C13H15BrFNO3S/c1-8(2)9-3-4-12(11(14)5-9)16-7-10(6-13(16)17)20(15,18)19/h3-5,8,10H,6-7H2,1-2H3. The quantitative estimate of drug-likeness (QED) is 0.775. The number of carbonyl (C=O) groups excluding carboxylic acids is 1. The summed E-state index contributed by atoms with van der Waals surface area (Å²) in [5, 5.41) is -1.27. The normalized spacial score (nSPS) is 19.9. The maximum Gasteiger partial charge on any atom is 0.307 e. The molecule has 0 spiro atoms. The number of halogens is 2. The molecular weight excluding hydrogens is 349 g/mol. The van der Waals surface area contributed by atoms with E-state index in [4.69, 9.17) is 0 Å². The van der Waals surface area contributed by atoms with E-state index in [9.17, 15) is 17.1 Å². The number of anilines is 1. The molecule has 0 saturated carbocycles. The maximum atomic E-state index is 13.0. The van der Waals surface area contributed by atoms with Crippen LogP contribution in [0.5, 0.6) is 0 Å². The van der Waals surface area contributed by atoms with Gasteiger partial charge in [0.05, 0.1) is 5.69 Å². The second-order valence-electron chi connectivity index (χ2n) is 5.17. The lowest BCUT2D eigenvalue weighted by atomic mass is 10.0. The number of hydrogen-bond acceptors (Lipinski definition) is 3. The lowest BCUT2D eigenvalue weighted by Crippen LogP contribution is -2.27. The van der Waals surface area contributed by atoms with Crippen LogP contribution in [0.2, 0.25) is 0 Å². The molecule has 1 fully saturated rings. The molecule has 0 aliphatic carbocycles. The van der Waals surface area contributed by atoms with Crippen molar-refractivity contribution in [3.8, 4) is 0 Å². The van der Waals surface area contributed by atoms with Gasteiger partial charge >= 0.3 is 10.2 Å². The lowest BCUT2D eigenvalue weighted by molar-refractivity contribution is -0.117. The van der Waals surface area contributed by atoms with E-state index in [0.29, 0.717) is 16.1 Å². The minimum atomic E-state index is -4.69. The number of benzene rings is 1. The van der Waals surface area contributed by atoms with Crippen LogP contribution in [0.4, 0.5) is 9.57 Å². The van der Waals surface area contributed by atoms with Gasteiger partial charge in [0.1, 0.15) is 5.25 Å². The predicted octanol–water partition coefficient (Wildman–Crippen LogP) is 2.98. The molecule has 1 unspecified atom stereocenters. The summed E-state index contributed by atoms with van der Waals surface area (Å²) in [5.41, 5.74) is 1.67. The Labute approximate surface area is 126 Å². The molecule has 7 heteroatoms. The first kappa shape index (κ1) is 15.4. The Balaban J connectivity index is 2.31. The van der Waals surface area contributed by atoms with Crippen LogP contribution in [-0.4, -0.2) is 26.1 Å². The number of hydrogen-bond donors (Lipinski definition) is 0. The van der Waals surface area contributed by atoms with Gasteiger partial charge in [-0.2, -0.15) is 8.42 Å². The second kappa shape index (κ2) is 5.44. The SMILES string of the molecule is CC(C)c1ccc(N2CC(S(=O)(=O)F)CC2=O)c(Br)c1. The van der Waals surface area contributed by atoms with E-state index >= 15 is 0 Å². The van der Waals surface area contributed by atoms with Crippen LogP contribution < -0.4 is 4.90 Å². The van der Waals surface area contributed by atoms with Gasteiger partial charge in [-0.15, -0.1) is 3.89 Å². The highest BCUT2D eigenvalue weighted by Gasteiger charge is 2.39. The van der Waals surface area contributed by atoms with Crippen molar-refractivity contribution >= 4 is 37.7 Å². The van der Waals surface area contributed by atoms with Gasteiger partial charge in [0.15, 0.2) is 0 Å². The molecule has 1 saturated heterocycles. The minimum absolute atomic E-state index is 0.142. The van der Waals surface area contributed by atoms with Gasteiger partial charge in [-0.1, -0.05) is 19.9 Å². The Morgan fingerprint density at radius 2 is 2.05 bits per heavy atom. The predicted molar refractivity (Wildman–Crippen MR) is 79.0 cm³/mol. The van der Waals surface area contributed by atoms with Crippen LogP contribution in [0.15, 0.2) is 22.7 Å². The monoisotopic (exact) mass is 363 g/mol.